The molecule has 1 rings (SSSR count). The number of aromatic hydroxyl groups is 1. The Bertz CT molecular complexity index is 446. The van der Waals surface area contributed by atoms with Gasteiger partial charge in [-0.15, -0.1) is 0 Å². The molecule has 0 spiro atoms. The summed E-state index contributed by atoms with van der Waals surface area (Å²) in [6.45, 7) is 0. The third-order valence-electron chi connectivity index (χ3n) is 1.93. The zero-order valence-corrected chi connectivity index (χ0v) is 7.86. The zero-order chi connectivity index (χ0) is 13.4. The van der Waals surface area contributed by atoms with Crippen LogP contribution in [0, 0.1) is 0 Å². The van der Waals surface area contributed by atoms with Crippen LogP contribution in [0.1, 0.15) is 21.5 Å². The van der Waals surface area contributed by atoms with Crippen molar-refractivity contribution >= 4 is 6.29 Å². The third-order valence-corrected chi connectivity index (χ3v) is 1.93. The summed E-state index contributed by atoms with van der Waals surface area (Å²) in [5.41, 5.74) is -4.87. The lowest BCUT2D eigenvalue weighted by molar-refractivity contribution is -0.145. The summed E-state index contributed by atoms with van der Waals surface area (Å²) < 4.78 is 73.8. The van der Waals surface area contributed by atoms with Crippen LogP contribution in [0.5, 0.6) is 5.75 Å². The maximum absolute atomic E-state index is 12.4. The van der Waals surface area contributed by atoms with E-state index in [0.29, 0.717) is 6.07 Å². The van der Waals surface area contributed by atoms with E-state index in [1.54, 1.807) is 0 Å². The molecule has 0 aliphatic rings. The monoisotopic (exact) mass is 258 g/mol. The molecule has 94 valence electrons. The Hall–Kier alpha value is -1.73. The van der Waals surface area contributed by atoms with Crippen molar-refractivity contribution in [2.75, 3.05) is 0 Å². The quantitative estimate of drug-likeness (QED) is 0.620. The largest absolute Gasteiger partial charge is 0.507 e. The van der Waals surface area contributed by atoms with Crippen LogP contribution in [0.25, 0.3) is 0 Å². The van der Waals surface area contributed by atoms with Crippen LogP contribution < -0.4 is 0 Å². The standard InChI is InChI=1S/C9H4F6O2/c10-8(11,12)5-2-1-4(3-16)6(7(5)17)9(13,14)15/h1-3,17H. The lowest BCUT2D eigenvalue weighted by atomic mass is 10.0. The van der Waals surface area contributed by atoms with E-state index in [9.17, 15) is 31.1 Å². The molecule has 0 saturated carbocycles. The number of phenolic OH excluding ortho intramolecular Hbond substituents is 1. The average Bonchev–Trinajstić information content (AvgIpc) is 2.12. The smallest absolute Gasteiger partial charge is 0.420 e. The van der Waals surface area contributed by atoms with Gasteiger partial charge in [-0.1, -0.05) is 6.07 Å². The minimum atomic E-state index is -5.25. The molecule has 0 bridgehead atoms. The first-order chi connectivity index (χ1) is 7.59. The van der Waals surface area contributed by atoms with E-state index in [2.05, 4.69) is 0 Å². The van der Waals surface area contributed by atoms with Gasteiger partial charge in [-0.25, -0.2) is 0 Å². The summed E-state index contributed by atoms with van der Waals surface area (Å²) in [6, 6.07) is 0.576. The van der Waals surface area contributed by atoms with E-state index in [4.69, 9.17) is 5.11 Å². The van der Waals surface area contributed by atoms with Crippen molar-refractivity contribution in [2.45, 2.75) is 12.4 Å². The summed E-state index contributed by atoms with van der Waals surface area (Å²) in [6.07, 6.45) is -10.7. The Labute approximate surface area is 90.5 Å². The predicted octanol–water partition coefficient (Wildman–Crippen LogP) is 3.24. The fourth-order valence-electron chi connectivity index (χ4n) is 1.23. The molecule has 1 aromatic carbocycles. The second-order valence-electron chi connectivity index (χ2n) is 3.04. The zero-order valence-electron chi connectivity index (χ0n) is 7.86. The lowest BCUT2D eigenvalue weighted by Gasteiger charge is -2.15. The minimum absolute atomic E-state index is 0.217. The van der Waals surface area contributed by atoms with Gasteiger partial charge in [0, 0.05) is 5.56 Å². The molecule has 0 atom stereocenters. The highest BCUT2D eigenvalue weighted by molar-refractivity contribution is 5.79. The van der Waals surface area contributed by atoms with E-state index in [-0.39, 0.29) is 12.4 Å². The molecule has 17 heavy (non-hydrogen) atoms. The van der Waals surface area contributed by atoms with Crippen LogP contribution in [0.2, 0.25) is 0 Å². The van der Waals surface area contributed by atoms with E-state index in [0.717, 1.165) is 0 Å². The van der Waals surface area contributed by atoms with Gasteiger partial charge in [0.15, 0.2) is 6.29 Å². The molecule has 0 radical (unpaired) electrons. The number of phenols is 1. The molecule has 0 fully saturated rings. The first-order valence-electron chi connectivity index (χ1n) is 4.04. The Morgan fingerprint density at radius 1 is 1.00 bits per heavy atom. The first-order valence-corrected chi connectivity index (χ1v) is 4.04. The number of alkyl halides is 6. The number of aldehydes is 1. The highest BCUT2D eigenvalue weighted by Crippen LogP contribution is 2.44. The van der Waals surface area contributed by atoms with Crippen molar-refractivity contribution < 1.29 is 36.2 Å². The average molecular weight is 258 g/mol. The molecular weight excluding hydrogens is 254 g/mol. The lowest BCUT2D eigenvalue weighted by Crippen LogP contribution is -2.14. The van der Waals surface area contributed by atoms with Crippen molar-refractivity contribution in [3.05, 3.63) is 28.8 Å². The van der Waals surface area contributed by atoms with E-state index in [1.807, 2.05) is 0 Å². The van der Waals surface area contributed by atoms with Crippen molar-refractivity contribution in [1.29, 1.82) is 0 Å². The molecule has 2 nitrogen and oxygen atoms in total. The van der Waals surface area contributed by atoms with Gasteiger partial charge in [-0.3, -0.25) is 4.79 Å². The summed E-state index contributed by atoms with van der Waals surface area (Å²) in [5, 5.41) is 8.97. The minimum Gasteiger partial charge on any atom is -0.507 e. The van der Waals surface area contributed by atoms with Crippen molar-refractivity contribution in [3.8, 4) is 5.75 Å². The number of hydrogen-bond acceptors (Lipinski definition) is 2. The topological polar surface area (TPSA) is 37.3 Å². The van der Waals surface area contributed by atoms with Gasteiger partial charge in [0.25, 0.3) is 0 Å². The molecule has 0 aliphatic carbocycles. The Balaban J connectivity index is 3.61. The summed E-state index contributed by atoms with van der Waals surface area (Å²) >= 11 is 0. The predicted molar refractivity (Wildman–Crippen MR) is 43.5 cm³/mol. The van der Waals surface area contributed by atoms with Gasteiger partial charge in [0.05, 0.1) is 5.56 Å². The van der Waals surface area contributed by atoms with Gasteiger partial charge < -0.3 is 5.11 Å². The molecule has 0 aromatic heterocycles. The van der Waals surface area contributed by atoms with Gasteiger partial charge in [0.2, 0.25) is 0 Å². The first kappa shape index (κ1) is 13.3. The Kier molecular flexibility index (Phi) is 3.09. The number of carbonyl (C=O) groups excluding carboxylic acids is 1. The summed E-state index contributed by atoms with van der Waals surface area (Å²) in [4.78, 5) is 10.3. The molecule has 0 aliphatic heterocycles. The Morgan fingerprint density at radius 2 is 1.53 bits per heavy atom. The molecule has 0 unspecified atom stereocenters. The molecule has 1 N–H and O–H groups in total. The number of hydrogen-bond donors (Lipinski definition) is 1. The SMILES string of the molecule is O=Cc1ccc(C(F)(F)F)c(O)c1C(F)(F)F. The van der Waals surface area contributed by atoms with Gasteiger partial charge in [0.1, 0.15) is 11.3 Å². The van der Waals surface area contributed by atoms with Crippen LogP contribution in [0.3, 0.4) is 0 Å². The fourth-order valence-corrected chi connectivity index (χ4v) is 1.23. The number of halogens is 6. The van der Waals surface area contributed by atoms with Crippen LogP contribution in [0.15, 0.2) is 12.1 Å². The van der Waals surface area contributed by atoms with Crippen molar-refractivity contribution in [3.63, 3.8) is 0 Å². The van der Waals surface area contributed by atoms with Crippen LogP contribution in [0.4, 0.5) is 26.3 Å². The number of benzene rings is 1. The Morgan fingerprint density at radius 3 is 1.88 bits per heavy atom. The molecule has 8 heteroatoms. The van der Waals surface area contributed by atoms with Crippen LogP contribution in [-0.2, 0) is 12.4 Å². The van der Waals surface area contributed by atoms with E-state index < -0.39 is 34.8 Å². The van der Waals surface area contributed by atoms with Crippen molar-refractivity contribution in [2.24, 2.45) is 0 Å². The van der Waals surface area contributed by atoms with Crippen LogP contribution in [-0.4, -0.2) is 11.4 Å². The second kappa shape index (κ2) is 3.94. The fraction of sp³-hybridized carbons (Fsp3) is 0.222. The molecule has 1 aromatic rings. The number of rotatable bonds is 1. The van der Waals surface area contributed by atoms with Crippen LogP contribution >= 0.6 is 0 Å². The van der Waals surface area contributed by atoms with Gasteiger partial charge in [-0.05, 0) is 6.07 Å². The highest BCUT2D eigenvalue weighted by atomic mass is 19.4. The van der Waals surface area contributed by atoms with E-state index in [1.165, 1.54) is 0 Å². The number of carbonyl (C=O) groups is 1. The molecule has 0 saturated heterocycles. The molecule has 0 amide bonds. The molecule has 0 heterocycles. The normalized spacial score (nSPS) is 12.6. The maximum atomic E-state index is 12.4. The summed E-state index contributed by atoms with van der Waals surface area (Å²) in [7, 11) is 0. The summed E-state index contributed by atoms with van der Waals surface area (Å²) in [5.74, 6) is -1.99. The van der Waals surface area contributed by atoms with Crippen molar-refractivity contribution in [1.82, 2.24) is 0 Å². The molecular formula is C9H4F6O2. The maximum Gasteiger partial charge on any atom is 0.420 e. The van der Waals surface area contributed by atoms with Gasteiger partial charge in [-0.2, -0.15) is 26.3 Å². The second-order valence-corrected chi connectivity index (χ2v) is 3.04. The highest BCUT2D eigenvalue weighted by Gasteiger charge is 2.42. The van der Waals surface area contributed by atoms with E-state index >= 15 is 0 Å². The van der Waals surface area contributed by atoms with Gasteiger partial charge >= 0.3 is 12.4 Å². The third kappa shape index (κ3) is 2.51.